The maximum atomic E-state index is 9.71. The maximum absolute atomic E-state index is 9.71. The molecule has 1 aliphatic rings. The molecule has 0 heterocycles. The van der Waals surface area contributed by atoms with E-state index in [1.54, 1.807) is 12.1 Å². The Bertz CT molecular complexity index is 374. The molecule has 88 valence electrons. The summed E-state index contributed by atoms with van der Waals surface area (Å²) in [5.41, 5.74) is 0.652. The Balaban J connectivity index is 2.21. The van der Waals surface area contributed by atoms with Crippen molar-refractivity contribution in [3.63, 3.8) is 0 Å². The van der Waals surface area contributed by atoms with Crippen molar-refractivity contribution < 1.29 is 5.11 Å². The molecule has 1 aromatic carbocycles. The topological polar surface area (TPSA) is 32.3 Å². The molecule has 0 bridgehead atoms. The van der Waals surface area contributed by atoms with Crippen LogP contribution in [0.3, 0.4) is 0 Å². The standard InChI is InChI=1S/C11H12Cl3NO/c12-6-4-7(13)11(8(14)5-6)15-9-2-1-3-10(9)16/h4-5,9-10,15-16H,1-3H2/t9-,10-/m1/s1. The van der Waals surface area contributed by atoms with Gasteiger partial charge >= 0.3 is 0 Å². The summed E-state index contributed by atoms with van der Waals surface area (Å²) in [6, 6.07) is 3.30. The Hall–Kier alpha value is -0.150. The summed E-state index contributed by atoms with van der Waals surface area (Å²) >= 11 is 17.9. The first-order valence-electron chi connectivity index (χ1n) is 5.17. The van der Waals surface area contributed by atoms with E-state index in [4.69, 9.17) is 34.8 Å². The molecule has 2 nitrogen and oxygen atoms in total. The zero-order valence-corrected chi connectivity index (χ0v) is 10.8. The average Bonchev–Trinajstić information content (AvgIpc) is 2.57. The summed E-state index contributed by atoms with van der Waals surface area (Å²) in [6.45, 7) is 0. The van der Waals surface area contributed by atoms with E-state index in [1.165, 1.54) is 0 Å². The van der Waals surface area contributed by atoms with Crippen LogP contribution < -0.4 is 5.32 Å². The van der Waals surface area contributed by atoms with Gasteiger partial charge < -0.3 is 10.4 Å². The summed E-state index contributed by atoms with van der Waals surface area (Å²) in [5.74, 6) is 0. The number of halogens is 3. The fourth-order valence-electron chi connectivity index (χ4n) is 1.97. The van der Waals surface area contributed by atoms with Gasteiger partial charge in [0.1, 0.15) is 0 Å². The molecular formula is C11H12Cl3NO. The van der Waals surface area contributed by atoms with Crippen LogP contribution in [-0.2, 0) is 0 Å². The minimum Gasteiger partial charge on any atom is -0.391 e. The van der Waals surface area contributed by atoms with Crippen molar-refractivity contribution in [3.05, 3.63) is 27.2 Å². The van der Waals surface area contributed by atoms with Crippen molar-refractivity contribution in [1.82, 2.24) is 0 Å². The molecule has 1 aromatic rings. The number of hydrogen-bond acceptors (Lipinski definition) is 2. The number of aliphatic hydroxyl groups is 1. The highest BCUT2D eigenvalue weighted by Crippen LogP contribution is 2.35. The minimum absolute atomic E-state index is 0.0242. The van der Waals surface area contributed by atoms with Crippen molar-refractivity contribution in [2.24, 2.45) is 0 Å². The number of aliphatic hydroxyl groups excluding tert-OH is 1. The van der Waals surface area contributed by atoms with Crippen LogP contribution in [0.15, 0.2) is 12.1 Å². The zero-order chi connectivity index (χ0) is 11.7. The summed E-state index contributed by atoms with van der Waals surface area (Å²) in [7, 11) is 0. The molecule has 0 aliphatic heterocycles. The molecule has 0 radical (unpaired) electrons. The molecule has 1 aliphatic carbocycles. The Morgan fingerprint density at radius 2 is 1.75 bits per heavy atom. The van der Waals surface area contributed by atoms with Crippen LogP contribution in [0.4, 0.5) is 5.69 Å². The van der Waals surface area contributed by atoms with Crippen LogP contribution in [0.25, 0.3) is 0 Å². The normalized spacial score (nSPS) is 24.8. The first kappa shape index (κ1) is 12.3. The highest BCUT2D eigenvalue weighted by atomic mass is 35.5. The van der Waals surface area contributed by atoms with E-state index < -0.39 is 0 Å². The SMILES string of the molecule is O[C@@H]1CCC[C@H]1Nc1c(Cl)cc(Cl)cc1Cl. The summed E-state index contributed by atoms with van der Waals surface area (Å²) in [5, 5.41) is 14.4. The largest absolute Gasteiger partial charge is 0.391 e. The average molecular weight is 281 g/mol. The van der Waals surface area contributed by atoms with Gasteiger partial charge in [-0.3, -0.25) is 0 Å². The molecule has 0 unspecified atom stereocenters. The lowest BCUT2D eigenvalue weighted by Gasteiger charge is -2.19. The predicted molar refractivity (Wildman–Crippen MR) is 68.7 cm³/mol. The zero-order valence-electron chi connectivity index (χ0n) is 8.51. The predicted octanol–water partition coefficient (Wildman–Crippen LogP) is 3.97. The smallest absolute Gasteiger partial charge is 0.0741 e. The Morgan fingerprint density at radius 1 is 1.12 bits per heavy atom. The molecule has 0 spiro atoms. The Morgan fingerprint density at radius 3 is 2.25 bits per heavy atom. The summed E-state index contributed by atoms with van der Waals surface area (Å²) in [4.78, 5) is 0. The van der Waals surface area contributed by atoms with E-state index in [1.807, 2.05) is 0 Å². The number of hydrogen-bond donors (Lipinski definition) is 2. The van der Waals surface area contributed by atoms with Gasteiger partial charge in [0.25, 0.3) is 0 Å². The van der Waals surface area contributed by atoms with Crippen molar-refractivity contribution in [3.8, 4) is 0 Å². The number of benzene rings is 1. The van der Waals surface area contributed by atoms with E-state index in [2.05, 4.69) is 5.32 Å². The van der Waals surface area contributed by atoms with Crippen LogP contribution >= 0.6 is 34.8 Å². The lowest BCUT2D eigenvalue weighted by atomic mass is 10.2. The van der Waals surface area contributed by atoms with Crippen molar-refractivity contribution >= 4 is 40.5 Å². The Labute approximate surface area is 110 Å². The van der Waals surface area contributed by atoms with Gasteiger partial charge in [-0.15, -0.1) is 0 Å². The molecular weight excluding hydrogens is 268 g/mol. The molecule has 16 heavy (non-hydrogen) atoms. The van der Waals surface area contributed by atoms with Gasteiger partial charge in [-0.1, -0.05) is 34.8 Å². The first-order valence-corrected chi connectivity index (χ1v) is 6.30. The second kappa shape index (κ2) is 5.01. The third-order valence-corrected chi connectivity index (χ3v) is 3.63. The van der Waals surface area contributed by atoms with E-state index in [0.29, 0.717) is 20.8 Å². The van der Waals surface area contributed by atoms with Crippen LogP contribution in [0.2, 0.25) is 15.1 Å². The maximum Gasteiger partial charge on any atom is 0.0741 e. The fourth-order valence-corrected chi connectivity index (χ4v) is 2.90. The molecule has 2 atom stereocenters. The lowest BCUT2D eigenvalue weighted by Crippen LogP contribution is -2.28. The molecule has 0 amide bonds. The van der Waals surface area contributed by atoms with Crippen LogP contribution in [-0.4, -0.2) is 17.3 Å². The third-order valence-electron chi connectivity index (χ3n) is 2.82. The number of rotatable bonds is 2. The van der Waals surface area contributed by atoms with E-state index >= 15 is 0 Å². The van der Waals surface area contributed by atoms with E-state index in [9.17, 15) is 5.11 Å². The van der Waals surface area contributed by atoms with Crippen LogP contribution in [0, 0.1) is 0 Å². The molecule has 2 N–H and O–H groups in total. The monoisotopic (exact) mass is 279 g/mol. The fraction of sp³-hybridized carbons (Fsp3) is 0.455. The highest BCUT2D eigenvalue weighted by Gasteiger charge is 2.26. The van der Waals surface area contributed by atoms with Crippen LogP contribution in [0.1, 0.15) is 19.3 Å². The molecule has 1 fully saturated rings. The molecule has 2 rings (SSSR count). The summed E-state index contributed by atoms with van der Waals surface area (Å²) < 4.78 is 0. The van der Waals surface area contributed by atoms with Gasteiger partial charge in [0.05, 0.1) is 27.9 Å². The molecule has 0 aromatic heterocycles. The molecule has 5 heteroatoms. The van der Waals surface area contributed by atoms with Crippen molar-refractivity contribution in [2.45, 2.75) is 31.4 Å². The molecule has 0 saturated heterocycles. The van der Waals surface area contributed by atoms with Gasteiger partial charge in [0.15, 0.2) is 0 Å². The quantitative estimate of drug-likeness (QED) is 0.859. The molecule has 1 saturated carbocycles. The van der Waals surface area contributed by atoms with E-state index in [-0.39, 0.29) is 12.1 Å². The lowest BCUT2D eigenvalue weighted by molar-refractivity contribution is 0.172. The number of anilines is 1. The van der Waals surface area contributed by atoms with Gasteiger partial charge in [0.2, 0.25) is 0 Å². The highest BCUT2D eigenvalue weighted by molar-refractivity contribution is 6.41. The second-order valence-electron chi connectivity index (χ2n) is 3.99. The van der Waals surface area contributed by atoms with Crippen molar-refractivity contribution in [2.75, 3.05) is 5.32 Å². The number of nitrogens with one attached hydrogen (secondary N) is 1. The van der Waals surface area contributed by atoms with Gasteiger partial charge in [-0.05, 0) is 31.4 Å². The van der Waals surface area contributed by atoms with Crippen LogP contribution in [0.5, 0.6) is 0 Å². The minimum atomic E-state index is -0.331. The summed E-state index contributed by atoms with van der Waals surface area (Å²) in [6.07, 6.45) is 2.43. The first-order chi connectivity index (χ1) is 7.58. The second-order valence-corrected chi connectivity index (χ2v) is 5.24. The van der Waals surface area contributed by atoms with Gasteiger partial charge in [0, 0.05) is 5.02 Å². The van der Waals surface area contributed by atoms with E-state index in [0.717, 1.165) is 19.3 Å². The third kappa shape index (κ3) is 2.57. The van der Waals surface area contributed by atoms with Crippen molar-refractivity contribution in [1.29, 1.82) is 0 Å². The Kier molecular flexibility index (Phi) is 3.85. The van der Waals surface area contributed by atoms with Gasteiger partial charge in [-0.2, -0.15) is 0 Å². The van der Waals surface area contributed by atoms with Gasteiger partial charge in [-0.25, -0.2) is 0 Å².